The van der Waals surface area contributed by atoms with E-state index in [2.05, 4.69) is 32.5 Å². The minimum absolute atomic E-state index is 0.150. The summed E-state index contributed by atoms with van der Waals surface area (Å²) < 4.78 is 13.5. The molecule has 1 aromatic rings. The van der Waals surface area contributed by atoms with Crippen molar-refractivity contribution in [2.75, 3.05) is 38.5 Å². The number of likely N-dealkylation sites (tertiary alicyclic amines) is 2. The zero-order valence-electron chi connectivity index (χ0n) is 14.2. The van der Waals surface area contributed by atoms with Crippen molar-refractivity contribution >= 4 is 11.7 Å². The fourth-order valence-electron chi connectivity index (χ4n) is 3.59. The van der Waals surface area contributed by atoms with Crippen LogP contribution in [0.4, 0.5) is 14.9 Å². The average Bonchev–Trinajstić information content (AvgIpc) is 2.58. The van der Waals surface area contributed by atoms with Gasteiger partial charge in [-0.3, -0.25) is 4.98 Å². The van der Waals surface area contributed by atoms with Crippen molar-refractivity contribution in [3.63, 3.8) is 0 Å². The van der Waals surface area contributed by atoms with Gasteiger partial charge in [0.05, 0.1) is 11.9 Å². The Kier molecular flexibility index (Phi) is 5.63. The Hall–Kier alpha value is -1.73. The summed E-state index contributed by atoms with van der Waals surface area (Å²) in [6.45, 7) is 4.37. The Morgan fingerprint density at radius 2 is 1.92 bits per heavy atom. The van der Waals surface area contributed by atoms with E-state index in [0.717, 1.165) is 32.1 Å². The predicted octanol–water partition coefficient (Wildman–Crippen LogP) is 1.90. The maximum Gasteiger partial charge on any atom is 0.319 e. The molecule has 0 saturated carbocycles. The van der Waals surface area contributed by atoms with Gasteiger partial charge in [-0.25, -0.2) is 9.18 Å². The molecule has 2 saturated heterocycles. The highest BCUT2D eigenvalue weighted by atomic mass is 19.1. The van der Waals surface area contributed by atoms with Crippen molar-refractivity contribution in [1.82, 2.24) is 20.1 Å². The molecule has 0 aromatic carbocycles. The van der Waals surface area contributed by atoms with Crippen molar-refractivity contribution in [2.45, 2.75) is 37.8 Å². The van der Waals surface area contributed by atoms with E-state index in [1.807, 2.05) is 0 Å². The minimum Gasteiger partial charge on any atom is -0.335 e. The highest BCUT2D eigenvalue weighted by Crippen LogP contribution is 2.20. The first-order chi connectivity index (χ1) is 11.6. The number of urea groups is 1. The van der Waals surface area contributed by atoms with Crippen LogP contribution in [0, 0.1) is 5.82 Å². The Bertz CT molecular complexity index is 554. The van der Waals surface area contributed by atoms with Gasteiger partial charge in [0.2, 0.25) is 0 Å². The van der Waals surface area contributed by atoms with E-state index in [9.17, 15) is 9.18 Å². The number of hydrogen-bond acceptors (Lipinski definition) is 4. The number of anilines is 1. The Labute approximate surface area is 142 Å². The second-order valence-electron chi connectivity index (χ2n) is 6.80. The SMILES string of the molecule is CN1CCC(N2CCC(NC(=O)Nc3ccncc3F)CC2)CC1. The largest absolute Gasteiger partial charge is 0.335 e. The van der Waals surface area contributed by atoms with Gasteiger partial charge in [0.25, 0.3) is 0 Å². The average molecular weight is 335 g/mol. The molecule has 0 spiro atoms. The molecule has 6 nitrogen and oxygen atoms in total. The highest BCUT2D eigenvalue weighted by molar-refractivity contribution is 5.89. The molecule has 2 aliphatic rings. The molecule has 3 heterocycles. The first kappa shape index (κ1) is 17.1. The lowest BCUT2D eigenvalue weighted by molar-refractivity contribution is 0.0938. The van der Waals surface area contributed by atoms with Crippen LogP contribution in [0.1, 0.15) is 25.7 Å². The molecule has 2 fully saturated rings. The molecule has 7 heteroatoms. The number of amides is 2. The van der Waals surface area contributed by atoms with Crippen LogP contribution in [0.25, 0.3) is 0 Å². The van der Waals surface area contributed by atoms with Crippen LogP contribution in [-0.2, 0) is 0 Å². The van der Waals surface area contributed by atoms with E-state index in [4.69, 9.17) is 0 Å². The standard InChI is InChI=1S/C17H26FN5O/c1-22-8-5-14(6-9-22)23-10-3-13(4-11-23)20-17(24)21-16-2-7-19-12-15(16)18/h2,7,12-14H,3-6,8-11H2,1H3,(H2,19,20,21,24). The maximum absolute atomic E-state index is 13.5. The van der Waals surface area contributed by atoms with Gasteiger partial charge in [-0.1, -0.05) is 0 Å². The van der Waals surface area contributed by atoms with Crippen molar-refractivity contribution in [2.24, 2.45) is 0 Å². The van der Waals surface area contributed by atoms with Gasteiger partial charge < -0.3 is 20.4 Å². The number of pyridine rings is 1. The molecular weight excluding hydrogens is 309 g/mol. The van der Waals surface area contributed by atoms with Crippen LogP contribution >= 0.6 is 0 Å². The number of rotatable bonds is 3. The summed E-state index contributed by atoms with van der Waals surface area (Å²) in [5, 5.41) is 5.51. The summed E-state index contributed by atoms with van der Waals surface area (Å²) in [4.78, 5) is 20.6. The summed E-state index contributed by atoms with van der Waals surface area (Å²) in [6, 6.07) is 1.94. The monoisotopic (exact) mass is 335 g/mol. The number of carbonyl (C=O) groups excluding carboxylic acids is 1. The number of nitrogens with one attached hydrogen (secondary N) is 2. The molecule has 24 heavy (non-hydrogen) atoms. The molecule has 2 amide bonds. The molecule has 0 unspecified atom stereocenters. The zero-order chi connectivity index (χ0) is 16.9. The molecule has 1 aromatic heterocycles. The van der Waals surface area contributed by atoms with E-state index >= 15 is 0 Å². The quantitative estimate of drug-likeness (QED) is 0.886. The van der Waals surface area contributed by atoms with Gasteiger partial charge >= 0.3 is 6.03 Å². The number of nitrogens with zero attached hydrogens (tertiary/aromatic N) is 3. The topological polar surface area (TPSA) is 60.5 Å². The van der Waals surface area contributed by atoms with Gasteiger partial charge in [0, 0.05) is 31.4 Å². The van der Waals surface area contributed by atoms with E-state index in [1.165, 1.54) is 38.2 Å². The minimum atomic E-state index is -0.523. The smallest absolute Gasteiger partial charge is 0.319 e. The van der Waals surface area contributed by atoms with Crippen molar-refractivity contribution in [3.8, 4) is 0 Å². The van der Waals surface area contributed by atoms with Crippen LogP contribution in [0.15, 0.2) is 18.5 Å². The molecular formula is C17H26FN5O. The third kappa shape index (κ3) is 4.42. The Morgan fingerprint density at radius 1 is 1.21 bits per heavy atom. The molecule has 132 valence electrons. The number of piperidine rings is 2. The second kappa shape index (κ2) is 7.90. The molecule has 2 aliphatic heterocycles. The number of carbonyl (C=O) groups is 1. The van der Waals surface area contributed by atoms with Crippen molar-refractivity contribution in [1.29, 1.82) is 0 Å². The zero-order valence-corrected chi connectivity index (χ0v) is 14.2. The summed E-state index contributed by atoms with van der Waals surface area (Å²) in [5.74, 6) is -0.523. The fraction of sp³-hybridized carbons (Fsp3) is 0.647. The molecule has 3 rings (SSSR count). The maximum atomic E-state index is 13.5. The number of aromatic nitrogens is 1. The molecule has 2 N–H and O–H groups in total. The van der Waals surface area contributed by atoms with Gasteiger partial charge in [-0.05, 0) is 51.9 Å². The Morgan fingerprint density at radius 3 is 2.58 bits per heavy atom. The van der Waals surface area contributed by atoms with E-state index in [1.54, 1.807) is 0 Å². The van der Waals surface area contributed by atoms with Crippen LogP contribution in [-0.4, -0.2) is 66.1 Å². The molecule has 0 bridgehead atoms. The first-order valence-corrected chi connectivity index (χ1v) is 8.71. The normalized spacial score (nSPS) is 21.6. The van der Waals surface area contributed by atoms with Gasteiger partial charge in [-0.2, -0.15) is 0 Å². The van der Waals surface area contributed by atoms with Crippen molar-refractivity contribution in [3.05, 3.63) is 24.3 Å². The van der Waals surface area contributed by atoms with Crippen LogP contribution in [0.5, 0.6) is 0 Å². The Balaban J connectivity index is 1.42. The van der Waals surface area contributed by atoms with Crippen LogP contribution in [0.2, 0.25) is 0 Å². The summed E-state index contributed by atoms with van der Waals surface area (Å²) in [5.41, 5.74) is 0.159. The third-order valence-corrected chi connectivity index (χ3v) is 5.09. The fourth-order valence-corrected chi connectivity index (χ4v) is 3.59. The lowest BCUT2D eigenvalue weighted by atomic mass is 9.98. The summed E-state index contributed by atoms with van der Waals surface area (Å²) >= 11 is 0. The van der Waals surface area contributed by atoms with Gasteiger partial charge in [-0.15, -0.1) is 0 Å². The van der Waals surface area contributed by atoms with Gasteiger partial charge in [0.1, 0.15) is 0 Å². The van der Waals surface area contributed by atoms with E-state index in [0.29, 0.717) is 6.04 Å². The van der Waals surface area contributed by atoms with Crippen LogP contribution < -0.4 is 10.6 Å². The summed E-state index contributed by atoms with van der Waals surface area (Å²) in [7, 11) is 2.18. The lowest BCUT2D eigenvalue weighted by Crippen LogP contribution is -2.51. The van der Waals surface area contributed by atoms with Gasteiger partial charge in [0.15, 0.2) is 5.82 Å². The molecule has 0 atom stereocenters. The lowest BCUT2D eigenvalue weighted by Gasteiger charge is -2.41. The van der Waals surface area contributed by atoms with Crippen LogP contribution in [0.3, 0.4) is 0 Å². The number of hydrogen-bond donors (Lipinski definition) is 2. The summed E-state index contributed by atoms with van der Waals surface area (Å²) in [6.07, 6.45) is 6.90. The predicted molar refractivity (Wildman–Crippen MR) is 91.5 cm³/mol. The van der Waals surface area contributed by atoms with Crippen molar-refractivity contribution < 1.29 is 9.18 Å². The first-order valence-electron chi connectivity index (χ1n) is 8.71. The number of halogens is 1. The molecule has 0 radical (unpaired) electrons. The second-order valence-corrected chi connectivity index (χ2v) is 6.80. The van der Waals surface area contributed by atoms with E-state index in [-0.39, 0.29) is 17.8 Å². The van der Waals surface area contributed by atoms with E-state index < -0.39 is 5.82 Å². The highest BCUT2D eigenvalue weighted by Gasteiger charge is 2.27. The third-order valence-electron chi connectivity index (χ3n) is 5.09. The molecule has 0 aliphatic carbocycles.